The van der Waals surface area contributed by atoms with E-state index in [2.05, 4.69) is 6.07 Å². The molecule has 0 spiro atoms. The molecule has 4 rings (SSSR count). The monoisotopic (exact) mass is 525 g/mol. The fourth-order valence-corrected chi connectivity index (χ4v) is 6.15. The van der Waals surface area contributed by atoms with Crippen LogP contribution in [0.3, 0.4) is 0 Å². The second-order valence-corrected chi connectivity index (χ2v) is 10.4. The lowest BCUT2D eigenvalue weighted by Gasteiger charge is -2.38. The van der Waals surface area contributed by atoms with Crippen LogP contribution in [-0.2, 0) is 23.9 Å². The molecule has 0 aromatic heterocycles. The molecule has 0 aliphatic carbocycles. The Balaban J connectivity index is 1.63. The lowest BCUT2D eigenvalue weighted by molar-refractivity contribution is -0.151. The summed E-state index contributed by atoms with van der Waals surface area (Å²) in [6.07, 6.45) is 1.64. The van der Waals surface area contributed by atoms with Crippen LogP contribution in [-0.4, -0.2) is 59.1 Å². The zero-order valence-electron chi connectivity index (χ0n) is 22.2. The maximum absolute atomic E-state index is 13.4. The summed E-state index contributed by atoms with van der Waals surface area (Å²) >= 11 is 1.46. The van der Waals surface area contributed by atoms with Crippen molar-refractivity contribution in [2.24, 2.45) is 10.9 Å². The number of thioether (sulfide) groups is 1. The molecular weight excluding hydrogens is 490 g/mol. The van der Waals surface area contributed by atoms with Crippen molar-refractivity contribution in [3.05, 3.63) is 57.3 Å². The lowest BCUT2D eigenvalue weighted by atomic mass is 9.90. The fourth-order valence-electron chi connectivity index (χ4n) is 5.19. The molecule has 1 saturated heterocycles. The summed E-state index contributed by atoms with van der Waals surface area (Å²) in [5, 5.41) is 2.68. The molecule has 3 aliphatic rings. The van der Waals surface area contributed by atoms with Crippen molar-refractivity contribution in [3.8, 4) is 0 Å². The van der Waals surface area contributed by atoms with Gasteiger partial charge in [0, 0.05) is 18.8 Å². The maximum Gasteiger partial charge on any atom is 0.338 e. The van der Waals surface area contributed by atoms with E-state index in [4.69, 9.17) is 14.5 Å². The number of amides is 1. The second kappa shape index (κ2) is 11.5. The Labute approximate surface area is 222 Å². The Kier molecular flexibility index (Phi) is 8.42. The summed E-state index contributed by atoms with van der Waals surface area (Å²) in [5.74, 6) is -0.981. The first-order valence-corrected chi connectivity index (χ1v) is 13.8. The number of nitrogens with zero attached hydrogens (tertiary/aromatic N) is 3. The Morgan fingerprint density at radius 1 is 1.11 bits per heavy atom. The number of likely N-dealkylation sites (tertiary alicyclic amines) is 1. The van der Waals surface area contributed by atoms with E-state index < -0.39 is 12.0 Å². The van der Waals surface area contributed by atoms with E-state index in [9.17, 15) is 14.4 Å². The number of carbonyl (C=O) groups is 3. The third-order valence-electron chi connectivity index (χ3n) is 6.94. The van der Waals surface area contributed by atoms with Crippen LogP contribution in [0, 0.1) is 19.8 Å². The number of hydrogen-bond donors (Lipinski definition) is 0. The van der Waals surface area contributed by atoms with Gasteiger partial charge in [0.05, 0.1) is 42.9 Å². The van der Waals surface area contributed by atoms with Gasteiger partial charge in [-0.25, -0.2) is 9.79 Å². The van der Waals surface area contributed by atoms with Crippen molar-refractivity contribution in [2.75, 3.05) is 26.3 Å². The predicted octanol–water partition coefficient (Wildman–Crippen LogP) is 4.63. The first-order chi connectivity index (χ1) is 17.7. The van der Waals surface area contributed by atoms with Crippen LogP contribution >= 0.6 is 11.8 Å². The Morgan fingerprint density at radius 3 is 2.57 bits per heavy atom. The molecule has 3 heterocycles. The van der Waals surface area contributed by atoms with Crippen molar-refractivity contribution in [2.45, 2.75) is 59.9 Å². The van der Waals surface area contributed by atoms with Gasteiger partial charge in [-0.3, -0.25) is 9.59 Å². The number of aliphatic imine (C=N–C) groups is 1. The summed E-state index contributed by atoms with van der Waals surface area (Å²) in [7, 11) is 0. The highest BCUT2D eigenvalue weighted by atomic mass is 32.2. The number of aryl methyl sites for hydroxylation is 2. The van der Waals surface area contributed by atoms with E-state index in [-0.39, 0.29) is 30.8 Å². The van der Waals surface area contributed by atoms with E-state index in [1.807, 2.05) is 43.2 Å². The highest BCUT2D eigenvalue weighted by Crippen LogP contribution is 2.45. The van der Waals surface area contributed by atoms with E-state index in [1.165, 1.54) is 11.8 Å². The normalized spacial score (nSPS) is 21.3. The van der Waals surface area contributed by atoms with E-state index in [0.717, 1.165) is 40.4 Å². The molecular formula is C28H35N3O5S. The van der Waals surface area contributed by atoms with Crippen LogP contribution in [0.5, 0.6) is 0 Å². The highest BCUT2D eigenvalue weighted by molar-refractivity contribution is 8.16. The van der Waals surface area contributed by atoms with Gasteiger partial charge in [-0.1, -0.05) is 35.5 Å². The minimum atomic E-state index is -0.449. The number of ether oxygens (including phenoxy) is 2. The lowest BCUT2D eigenvalue weighted by Crippen LogP contribution is -2.44. The molecule has 37 heavy (non-hydrogen) atoms. The molecule has 0 unspecified atom stereocenters. The minimum Gasteiger partial charge on any atom is -0.466 e. The van der Waals surface area contributed by atoms with Crippen molar-refractivity contribution >= 4 is 34.8 Å². The van der Waals surface area contributed by atoms with Crippen molar-refractivity contribution in [3.63, 3.8) is 0 Å². The molecule has 0 bridgehead atoms. The number of rotatable bonds is 7. The maximum atomic E-state index is 13.4. The number of amidine groups is 1. The fraction of sp³-hybridized carbons (Fsp3) is 0.500. The number of esters is 2. The van der Waals surface area contributed by atoms with Gasteiger partial charge in [0.25, 0.3) is 0 Å². The summed E-state index contributed by atoms with van der Waals surface area (Å²) in [6, 6.07) is 5.73. The minimum absolute atomic E-state index is 0.0505. The number of piperidine rings is 1. The highest BCUT2D eigenvalue weighted by Gasteiger charge is 2.42. The average Bonchev–Trinajstić information content (AvgIpc) is 3.25. The molecule has 1 aromatic rings. The number of fused-ring (bicyclic) bond motifs is 1. The second-order valence-electron chi connectivity index (χ2n) is 9.58. The smallest absolute Gasteiger partial charge is 0.338 e. The summed E-state index contributed by atoms with van der Waals surface area (Å²) < 4.78 is 10.6. The Hall–Kier alpha value is -3.07. The average molecular weight is 526 g/mol. The molecule has 9 heteroatoms. The topological polar surface area (TPSA) is 88.5 Å². The van der Waals surface area contributed by atoms with E-state index in [1.54, 1.807) is 18.7 Å². The van der Waals surface area contributed by atoms with Gasteiger partial charge in [0.15, 0.2) is 5.17 Å². The van der Waals surface area contributed by atoms with Crippen LogP contribution in [0.4, 0.5) is 0 Å². The van der Waals surface area contributed by atoms with E-state index in [0.29, 0.717) is 31.0 Å². The van der Waals surface area contributed by atoms with Crippen molar-refractivity contribution in [1.82, 2.24) is 9.80 Å². The largest absolute Gasteiger partial charge is 0.466 e. The third-order valence-corrected chi connectivity index (χ3v) is 7.83. The summed E-state index contributed by atoms with van der Waals surface area (Å²) in [5.41, 5.74) is 5.05. The molecule has 8 nitrogen and oxygen atoms in total. The van der Waals surface area contributed by atoms with Crippen molar-refractivity contribution < 1.29 is 23.9 Å². The van der Waals surface area contributed by atoms with Gasteiger partial charge in [-0.05, 0) is 64.0 Å². The molecule has 0 N–H and O–H groups in total. The number of carbonyl (C=O) groups excluding carboxylic acids is 3. The zero-order valence-corrected chi connectivity index (χ0v) is 23.0. The first kappa shape index (κ1) is 27.0. The zero-order chi connectivity index (χ0) is 26.7. The number of allylic oxidation sites excluding steroid dienone is 1. The van der Waals surface area contributed by atoms with Crippen LogP contribution < -0.4 is 0 Å². The number of hydrogen-bond acceptors (Lipinski definition) is 8. The molecule has 0 saturated carbocycles. The summed E-state index contributed by atoms with van der Waals surface area (Å²) in [6.45, 7) is 11.1. The SMILES string of the molecule is CCOC(=O)C1=C(C)N=C2SC=C(CC(=O)N3CCC[C@H](C(=O)OCC)C3)N2[C@H]1c1ccc(C)cc1C. The van der Waals surface area contributed by atoms with Gasteiger partial charge in [0.1, 0.15) is 0 Å². The first-order valence-electron chi connectivity index (χ1n) is 12.9. The van der Waals surface area contributed by atoms with Gasteiger partial charge in [-0.2, -0.15) is 0 Å². The molecule has 1 aromatic carbocycles. The van der Waals surface area contributed by atoms with Crippen LogP contribution in [0.1, 0.15) is 62.8 Å². The van der Waals surface area contributed by atoms with Gasteiger partial charge in [-0.15, -0.1) is 0 Å². The third kappa shape index (κ3) is 5.61. The van der Waals surface area contributed by atoms with Crippen LogP contribution in [0.25, 0.3) is 0 Å². The number of benzene rings is 1. The molecule has 3 aliphatic heterocycles. The van der Waals surface area contributed by atoms with Crippen molar-refractivity contribution in [1.29, 1.82) is 0 Å². The Bertz CT molecular complexity index is 1190. The molecule has 1 amide bonds. The van der Waals surface area contributed by atoms with Gasteiger partial charge >= 0.3 is 11.9 Å². The van der Waals surface area contributed by atoms with Crippen LogP contribution in [0.15, 0.2) is 45.6 Å². The van der Waals surface area contributed by atoms with Gasteiger partial charge < -0.3 is 19.3 Å². The molecule has 1 fully saturated rings. The molecule has 0 radical (unpaired) electrons. The molecule has 198 valence electrons. The predicted molar refractivity (Wildman–Crippen MR) is 143 cm³/mol. The molecule has 2 atom stereocenters. The Morgan fingerprint density at radius 2 is 1.86 bits per heavy atom. The standard InChI is InChI=1S/C28H35N3O5S/c1-6-35-26(33)20-9-8-12-30(15-20)23(32)14-21-16-37-28-29-19(5)24(27(34)36-7-2)25(31(21)28)22-11-10-17(3)13-18(22)4/h10-11,13,16,20,25H,6-9,12,14-15H2,1-5H3/t20-,25-/m0/s1. The van der Waals surface area contributed by atoms with Gasteiger partial charge in [0.2, 0.25) is 5.91 Å². The van der Waals surface area contributed by atoms with Crippen LogP contribution in [0.2, 0.25) is 0 Å². The quantitative estimate of drug-likeness (QED) is 0.480. The van der Waals surface area contributed by atoms with E-state index >= 15 is 0 Å². The summed E-state index contributed by atoms with van der Waals surface area (Å²) in [4.78, 5) is 47.4.